The molecule has 1 fully saturated rings. The van der Waals surface area contributed by atoms with E-state index in [-0.39, 0.29) is 17.9 Å². The molecule has 1 saturated heterocycles. The van der Waals surface area contributed by atoms with Crippen molar-refractivity contribution in [1.29, 1.82) is 0 Å². The minimum Gasteiger partial charge on any atom is -0.349 e. The van der Waals surface area contributed by atoms with Crippen LogP contribution in [0.2, 0.25) is 0 Å². The zero-order chi connectivity index (χ0) is 18.6. The molecule has 1 N–H and O–H groups in total. The lowest BCUT2D eigenvalue weighted by molar-refractivity contribution is -0.128. The monoisotopic (exact) mass is 364 g/mol. The number of fused-ring (bicyclic) bond motifs is 1. The molecule has 0 unspecified atom stereocenters. The Kier molecular flexibility index (Phi) is 5.14. The molecule has 2 aromatic rings. The van der Waals surface area contributed by atoms with Gasteiger partial charge in [0, 0.05) is 48.9 Å². The van der Waals surface area contributed by atoms with E-state index in [1.165, 1.54) is 0 Å². The number of aromatic nitrogens is 2. The van der Waals surface area contributed by atoms with Crippen molar-refractivity contribution in [3.05, 3.63) is 47.8 Å². The van der Waals surface area contributed by atoms with E-state index in [4.69, 9.17) is 4.98 Å². The largest absolute Gasteiger partial charge is 0.349 e. The number of carbonyl (C=O) groups is 2. The van der Waals surface area contributed by atoms with Gasteiger partial charge < -0.3 is 10.2 Å². The van der Waals surface area contributed by atoms with Gasteiger partial charge in [-0.1, -0.05) is 30.3 Å². The Bertz CT molecular complexity index is 837. The molecule has 1 aromatic carbocycles. The Morgan fingerprint density at radius 2 is 2.04 bits per heavy atom. The number of aryl methyl sites for hydroxylation is 1. The molecule has 6 nitrogen and oxygen atoms in total. The molecule has 2 heterocycles. The third-order valence-corrected chi connectivity index (χ3v) is 5.33. The summed E-state index contributed by atoms with van der Waals surface area (Å²) < 4.78 is 0. The highest BCUT2D eigenvalue weighted by molar-refractivity contribution is 5.80. The quantitative estimate of drug-likeness (QED) is 0.885. The van der Waals surface area contributed by atoms with Crippen LogP contribution in [0.4, 0.5) is 0 Å². The molecule has 0 radical (unpaired) electrons. The molecule has 1 aromatic heterocycles. The fourth-order valence-corrected chi connectivity index (χ4v) is 3.87. The fraction of sp³-hybridized carbons (Fsp3) is 0.429. The molecule has 2 amide bonds. The molecule has 0 saturated carbocycles. The fourth-order valence-electron chi connectivity index (χ4n) is 3.87. The molecular weight excluding hydrogens is 340 g/mol. The molecule has 27 heavy (non-hydrogen) atoms. The molecular formula is C21H24N4O2. The molecule has 1 aliphatic carbocycles. The Balaban J connectivity index is 1.42. The first-order chi connectivity index (χ1) is 13.2. The standard InChI is InChI=1S/C21H24N4O2/c26-19(11-13-25-12-5-10-20(25)27)23-17-8-4-9-18-16(17)14-22-21(24-18)15-6-2-1-3-7-15/h1-3,6-7,14,17H,4-5,8-13H2,(H,23,26)/t17-/m0/s1. The van der Waals surface area contributed by atoms with E-state index in [2.05, 4.69) is 10.3 Å². The summed E-state index contributed by atoms with van der Waals surface area (Å²) in [5.41, 5.74) is 3.04. The van der Waals surface area contributed by atoms with Crippen LogP contribution in [0, 0.1) is 0 Å². The van der Waals surface area contributed by atoms with Crippen molar-refractivity contribution in [2.75, 3.05) is 13.1 Å². The molecule has 2 aliphatic rings. The molecule has 6 heteroatoms. The molecule has 1 atom stereocenters. The summed E-state index contributed by atoms with van der Waals surface area (Å²) in [4.78, 5) is 35.1. The van der Waals surface area contributed by atoms with E-state index in [0.717, 1.165) is 54.9 Å². The van der Waals surface area contributed by atoms with Gasteiger partial charge in [-0.25, -0.2) is 9.97 Å². The number of amides is 2. The second-order valence-corrected chi connectivity index (χ2v) is 7.21. The summed E-state index contributed by atoms with van der Waals surface area (Å²) in [6.45, 7) is 1.28. The first-order valence-corrected chi connectivity index (χ1v) is 9.69. The highest BCUT2D eigenvalue weighted by Crippen LogP contribution is 2.29. The predicted octanol–water partition coefficient (Wildman–Crippen LogP) is 2.65. The maximum absolute atomic E-state index is 12.4. The van der Waals surface area contributed by atoms with Crippen LogP contribution in [0.1, 0.15) is 49.4 Å². The van der Waals surface area contributed by atoms with Gasteiger partial charge in [-0.15, -0.1) is 0 Å². The first-order valence-electron chi connectivity index (χ1n) is 9.69. The van der Waals surface area contributed by atoms with Crippen molar-refractivity contribution < 1.29 is 9.59 Å². The minimum atomic E-state index is -0.0413. The third kappa shape index (κ3) is 3.99. The molecule has 1 aliphatic heterocycles. The smallest absolute Gasteiger partial charge is 0.222 e. The molecule has 140 valence electrons. The summed E-state index contributed by atoms with van der Waals surface area (Å²) in [7, 11) is 0. The van der Waals surface area contributed by atoms with Crippen LogP contribution < -0.4 is 5.32 Å². The number of nitrogens with zero attached hydrogens (tertiary/aromatic N) is 3. The lowest BCUT2D eigenvalue weighted by atomic mass is 9.92. The Morgan fingerprint density at radius 3 is 2.81 bits per heavy atom. The van der Waals surface area contributed by atoms with Gasteiger partial charge in [0.15, 0.2) is 5.82 Å². The van der Waals surface area contributed by atoms with Gasteiger partial charge >= 0.3 is 0 Å². The van der Waals surface area contributed by atoms with Gasteiger partial charge in [-0.2, -0.15) is 0 Å². The Morgan fingerprint density at radius 1 is 1.19 bits per heavy atom. The summed E-state index contributed by atoms with van der Waals surface area (Å²) in [6, 6.07) is 9.90. The van der Waals surface area contributed by atoms with Crippen LogP contribution in [-0.4, -0.2) is 39.8 Å². The van der Waals surface area contributed by atoms with Crippen LogP contribution >= 0.6 is 0 Å². The summed E-state index contributed by atoms with van der Waals surface area (Å²) in [6.07, 6.45) is 6.52. The van der Waals surface area contributed by atoms with Gasteiger partial charge in [-0.05, 0) is 25.7 Å². The van der Waals surface area contributed by atoms with Crippen molar-refractivity contribution >= 4 is 11.8 Å². The summed E-state index contributed by atoms with van der Waals surface area (Å²) in [5.74, 6) is 0.876. The van der Waals surface area contributed by atoms with E-state index in [9.17, 15) is 9.59 Å². The normalized spacial score (nSPS) is 19.0. The van der Waals surface area contributed by atoms with Crippen LogP contribution in [0.15, 0.2) is 36.5 Å². The number of rotatable bonds is 5. The maximum atomic E-state index is 12.4. The Hall–Kier alpha value is -2.76. The molecule has 4 rings (SSSR count). The minimum absolute atomic E-state index is 0.0142. The number of hydrogen-bond donors (Lipinski definition) is 1. The average Bonchev–Trinajstić information content (AvgIpc) is 3.12. The van der Waals surface area contributed by atoms with E-state index < -0.39 is 0 Å². The van der Waals surface area contributed by atoms with Crippen molar-refractivity contribution in [2.45, 2.75) is 44.6 Å². The SMILES string of the molecule is O=C(CCN1CCCC1=O)N[C@H]1CCCc2nc(-c3ccccc3)ncc21. The van der Waals surface area contributed by atoms with Gasteiger partial charge in [0.25, 0.3) is 0 Å². The van der Waals surface area contributed by atoms with E-state index in [1.54, 1.807) is 4.90 Å². The lowest BCUT2D eigenvalue weighted by Gasteiger charge is -2.26. The van der Waals surface area contributed by atoms with Crippen molar-refractivity contribution in [3.63, 3.8) is 0 Å². The van der Waals surface area contributed by atoms with Gasteiger partial charge in [0.2, 0.25) is 11.8 Å². The maximum Gasteiger partial charge on any atom is 0.222 e. The zero-order valence-electron chi connectivity index (χ0n) is 15.4. The highest BCUT2D eigenvalue weighted by Gasteiger charge is 2.25. The van der Waals surface area contributed by atoms with E-state index >= 15 is 0 Å². The van der Waals surface area contributed by atoms with Crippen LogP contribution in [0.25, 0.3) is 11.4 Å². The second-order valence-electron chi connectivity index (χ2n) is 7.21. The number of likely N-dealkylation sites (tertiary alicyclic amines) is 1. The molecule has 0 bridgehead atoms. The summed E-state index contributed by atoms with van der Waals surface area (Å²) in [5, 5.41) is 3.12. The highest BCUT2D eigenvalue weighted by atomic mass is 16.2. The predicted molar refractivity (Wildman–Crippen MR) is 102 cm³/mol. The van der Waals surface area contributed by atoms with Crippen molar-refractivity contribution in [3.8, 4) is 11.4 Å². The van der Waals surface area contributed by atoms with Crippen LogP contribution in [0.5, 0.6) is 0 Å². The average molecular weight is 364 g/mol. The molecule has 0 spiro atoms. The second kappa shape index (κ2) is 7.86. The number of benzene rings is 1. The third-order valence-electron chi connectivity index (χ3n) is 5.33. The van der Waals surface area contributed by atoms with E-state index in [0.29, 0.717) is 19.4 Å². The topological polar surface area (TPSA) is 75.2 Å². The van der Waals surface area contributed by atoms with Crippen molar-refractivity contribution in [2.24, 2.45) is 0 Å². The first kappa shape index (κ1) is 17.6. The van der Waals surface area contributed by atoms with E-state index in [1.807, 2.05) is 36.5 Å². The number of nitrogens with one attached hydrogen (secondary N) is 1. The zero-order valence-corrected chi connectivity index (χ0v) is 15.4. The van der Waals surface area contributed by atoms with Gasteiger partial charge in [0.05, 0.1) is 6.04 Å². The number of hydrogen-bond acceptors (Lipinski definition) is 4. The van der Waals surface area contributed by atoms with Crippen molar-refractivity contribution in [1.82, 2.24) is 20.2 Å². The van der Waals surface area contributed by atoms with Crippen LogP contribution in [0.3, 0.4) is 0 Å². The lowest BCUT2D eigenvalue weighted by Crippen LogP contribution is -2.35. The number of carbonyl (C=O) groups excluding carboxylic acids is 2. The van der Waals surface area contributed by atoms with Gasteiger partial charge in [0.1, 0.15) is 0 Å². The Labute approximate surface area is 159 Å². The van der Waals surface area contributed by atoms with Gasteiger partial charge in [-0.3, -0.25) is 9.59 Å². The van der Waals surface area contributed by atoms with Crippen LogP contribution in [-0.2, 0) is 16.0 Å². The summed E-state index contributed by atoms with van der Waals surface area (Å²) >= 11 is 0.